The Morgan fingerprint density at radius 3 is 2.90 bits per heavy atom. The molecule has 2 rings (SSSR count). The van der Waals surface area contributed by atoms with Crippen LogP contribution in [0, 0.1) is 0 Å². The summed E-state index contributed by atoms with van der Waals surface area (Å²) in [7, 11) is 0. The number of β-lactam (4-membered cyclic amide) rings is 1. The molecule has 1 aromatic heterocycles. The van der Waals surface area contributed by atoms with Crippen LogP contribution in [-0.2, 0) is 4.79 Å². The highest BCUT2D eigenvalue weighted by Crippen LogP contribution is 2.26. The summed E-state index contributed by atoms with van der Waals surface area (Å²) in [6.07, 6.45) is 0.720. The van der Waals surface area contributed by atoms with Crippen LogP contribution in [-0.4, -0.2) is 12.5 Å². The lowest BCUT2D eigenvalue weighted by atomic mass is 10.2. The lowest BCUT2D eigenvalue weighted by Gasteiger charge is -2.28. The molecule has 0 radical (unpaired) electrons. The Bertz CT molecular complexity index is 242. The largest absolute Gasteiger partial charge is 0.303 e. The van der Waals surface area contributed by atoms with E-state index >= 15 is 0 Å². The predicted octanol–water partition coefficient (Wildman–Crippen LogP) is 1.48. The molecule has 10 heavy (non-hydrogen) atoms. The quantitative estimate of drug-likeness (QED) is 0.560. The van der Waals surface area contributed by atoms with Crippen molar-refractivity contribution in [1.29, 1.82) is 0 Å². The minimum absolute atomic E-state index is 0.252. The van der Waals surface area contributed by atoms with Crippen LogP contribution in [0.3, 0.4) is 0 Å². The van der Waals surface area contributed by atoms with E-state index < -0.39 is 0 Å². The fourth-order valence-electron chi connectivity index (χ4n) is 0.971. The van der Waals surface area contributed by atoms with E-state index in [1.807, 2.05) is 22.4 Å². The molecule has 1 fully saturated rings. The highest BCUT2D eigenvalue weighted by molar-refractivity contribution is 7.14. The maximum Gasteiger partial charge on any atom is 0.229 e. The van der Waals surface area contributed by atoms with Crippen molar-refractivity contribution in [1.82, 2.24) is 0 Å². The second kappa shape index (κ2) is 2.09. The molecule has 1 amide bonds. The molecule has 1 aromatic rings. The summed E-state index contributed by atoms with van der Waals surface area (Å²) in [5.41, 5.74) is 0. The Kier molecular flexibility index (Phi) is 1.24. The van der Waals surface area contributed by atoms with E-state index in [-0.39, 0.29) is 5.91 Å². The minimum Gasteiger partial charge on any atom is -0.303 e. The predicted molar refractivity (Wildman–Crippen MR) is 41.3 cm³/mol. The SMILES string of the molecule is O=C1CCN1c1cccs1. The van der Waals surface area contributed by atoms with Crippen LogP contribution < -0.4 is 4.90 Å². The molecule has 3 heteroatoms. The van der Waals surface area contributed by atoms with Crippen molar-refractivity contribution in [2.24, 2.45) is 0 Å². The summed E-state index contributed by atoms with van der Waals surface area (Å²) in [5.74, 6) is 0.252. The van der Waals surface area contributed by atoms with Crippen molar-refractivity contribution < 1.29 is 4.79 Å². The van der Waals surface area contributed by atoms with Crippen LogP contribution in [0.25, 0.3) is 0 Å². The molecule has 0 aromatic carbocycles. The summed E-state index contributed by atoms with van der Waals surface area (Å²) < 4.78 is 0. The zero-order valence-electron chi connectivity index (χ0n) is 5.41. The topological polar surface area (TPSA) is 20.3 Å². The zero-order valence-corrected chi connectivity index (χ0v) is 6.23. The third kappa shape index (κ3) is 0.743. The van der Waals surface area contributed by atoms with Crippen LogP contribution in [0.2, 0.25) is 0 Å². The van der Waals surface area contributed by atoms with E-state index in [4.69, 9.17) is 0 Å². The van der Waals surface area contributed by atoms with Gasteiger partial charge in [-0.25, -0.2) is 0 Å². The number of hydrogen-bond donors (Lipinski definition) is 0. The Morgan fingerprint density at radius 1 is 1.60 bits per heavy atom. The van der Waals surface area contributed by atoms with Gasteiger partial charge in [-0.3, -0.25) is 4.79 Å². The van der Waals surface area contributed by atoms with Crippen LogP contribution in [0.4, 0.5) is 5.00 Å². The van der Waals surface area contributed by atoms with Gasteiger partial charge >= 0.3 is 0 Å². The molecular weight excluding hydrogens is 146 g/mol. The van der Waals surface area contributed by atoms with E-state index in [0.29, 0.717) is 0 Å². The highest BCUT2D eigenvalue weighted by Gasteiger charge is 2.25. The van der Waals surface area contributed by atoms with E-state index in [9.17, 15) is 4.79 Å². The summed E-state index contributed by atoms with van der Waals surface area (Å²) in [4.78, 5) is 12.7. The summed E-state index contributed by atoms with van der Waals surface area (Å²) >= 11 is 1.62. The molecule has 1 aliphatic rings. The highest BCUT2D eigenvalue weighted by atomic mass is 32.1. The molecule has 0 atom stereocenters. The van der Waals surface area contributed by atoms with Gasteiger partial charge in [-0.05, 0) is 17.5 Å². The van der Waals surface area contributed by atoms with Crippen molar-refractivity contribution in [2.75, 3.05) is 11.4 Å². The molecule has 52 valence electrons. The fraction of sp³-hybridized carbons (Fsp3) is 0.286. The van der Waals surface area contributed by atoms with Crippen molar-refractivity contribution in [3.63, 3.8) is 0 Å². The van der Waals surface area contributed by atoms with Crippen LogP contribution in [0.15, 0.2) is 17.5 Å². The molecule has 1 aliphatic heterocycles. The molecule has 0 spiro atoms. The number of hydrogen-bond acceptors (Lipinski definition) is 2. The van der Waals surface area contributed by atoms with Crippen LogP contribution >= 0.6 is 11.3 Å². The first-order chi connectivity index (χ1) is 4.88. The second-order valence-electron chi connectivity index (χ2n) is 2.25. The number of rotatable bonds is 1. The first-order valence-electron chi connectivity index (χ1n) is 3.22. The van der Waals surface area contributed by atoms with Crippen molar-refractivity contribution in [3.05, 3.63) is 17.5 Å². The standard InChI is InChI=1S/C7H7NOS/c9-6-3-4-8(6)7-2-1-5-10-7/h1-2,5H,3-4H2. The van der Waals surface area contributed by atoms with E-state index in [0.717, 1.165) is 18.0 Å². The maximum atomic E-state index is 10.9. The molecule has 0 N–H and O–H groups in total. The van der Waals surface area contributed by atoms with Crippen molar-refractivity contribution in [2.45, 2.75) is 6.42 Å². The van der Waals surface area contributed by atoms with E-state index in [1.165, 1.54) is 0 Å². The Morgan fingerprint density at radius 2 is 2.50 bits per heavy atom. The third-order valence-corrected chi connectivity index (χ3v) is 2.51. The molecule has 2 heterocycles. The summed E-state index contributed by atoms with van der Waals surface area (Å²) in [5, 5.41) is 3.07. The van der Waals surface area contributed by atoms with Gasteiger partial charge in [-0.1, -0.05) is 0 Å². The van der Waals surface area contributed by atoms with E-state index in [1.54, 1.807) is 11.3 Å². The van der Waals surface area contributed by atoms with Gasteiger partial charge in [0, 0.05) is 13.0 Å². The number of nitrogens with zero attached hydrogens (tertiary/aromatic N) is 1. The monoisotopic (exact) mass is 153 g/mol. The smallest absolute Gasteiger partial charge is 0.229 e. The number of anilines is 1. The Balaban J connectivity index is 2.21. The molecule has 0 unspecified atom stereocenters. The van der Waals surface area contributed by atoms with Crippen molar-refractivity contribution >= 4 is 22.2 Å². The number of carbonyl (C=O) groups is 1. The van der Waals surface area contributed by atoms with Gasteiger partial charge in [0.05, 0.1) is 5.00 Å². The molecule has 0 aliphatic carbocycles. The van der Waals surface area contributed by atoms with Gasteiger partial charge in [0.15, 0.2) is 0 Å². The van der Waals surface area contributed by atoms with Gasteiger partial charge in [0.1, 0.15) is 0 Å². The minimum atomic E-state index is 0.252. The third-order valence-electron chi connectivity index (χ3n) is 1.62. The summed E-state index contributed by atoms with van der Waals surface area (Å²) in [6.45, 7) is 0.902. The molecule has 2 nitrogen and oxygen atoms in total. The molecule has 0 saturated carbocycles. The lowest BCUT2D eigenvalue weighted by molar-refractivity contribution is -0.122. The van der Waals surface area contributed by atoms with Crippen molar-refractivity contribution in [3.8, 4) is 0 Å². The second-order valence-corrected chi connectivity index (χ2v) is 3.17. The van der Waals surface area contributed by atoms with Gasteiger partial charge in [-0.2, -0.15) is 0 Å². The number of carbonyl (C=O) groups excluding carboxylic acids is 1. The first kappa shape index (κ1) is 5.92. The number of amides is 1. The maximum absolute atomic E-state index is 10.9. The van der Waals surface area contributed by atoms with Gasteiger partial charge in [-0.15, -0.1) is 11.3 Å². The normalized spacial score (nSPS) is 17.2. The summed E-state index contributed by atoms with van der Waals surface area (Å²) in [6, 6.07) is 3.94. The molecule has 1 saturated heterocycles. The lowest BCUT2D eigenvalue weighted by Crippen LogP contribution is -2.42. The average molecular weight is 153 g/mol. The molecular formula is C7H7NOS. The Hall–Kier alpha value is -0.830. The van der Waals surface area contributed by atoms with E-state index in [2.05, 4.69) is 0 Å². The zero-order chi connectivity index (χ0) is 6.97. The molecule has 0 bridgehead atoms. The van der Waals surface area contributed by atoms with Crippen LogP contribution in [0.5, 0.6) is 0 Å². The first-order valence-corrected chi connectivity index (χ1v) is 4.10. The fourth-order valence-corrected chi connectivity index (χ4v) is 1.75. The average Bonchev–Trinajstić information content (AvgIpc) is 2.37. The van der Waals surface area contributed by atoms with Gasteiger partial charge in [0.25, 0.3) is 0 Å². The Labute approximate surface area is 63.1 Å². The number of thiophene rings is 1. The van der Waals surface area contributed by atoms with Crippen LogP contribution in [0.1, 0.15) is 6.42 Å². The van der Waals surface area contributed by atoms with Gasteiger partial charge in [0.2, 0.25) is 5.91 Å². The van der Waals surface area contributed by atoms with Gasteiger partial charge < -0.3 is 4.90 Å².